The highest BCUT2D eigenvalue weighted by molar-refractivity contribution is 5.62. The van der Waals surface area contributed by atoms with Crippen LogP contribution in [-0.2, 0) is 0 Å². The zero-order valence-corrected chi connectivity index (χ0v) is 8.00. The summed E-state index contributed by atoms with van der Waals surface area (Å²) in [5.41, 5.74) is 2.48. The Morgan fingerprint density at radius 1 is 1.23 bits per heavy atom. The first kappa shape index (κ1) is 9.79. The van der Waals surface area contributed by atoms with E-state index in [9.17, 15) is 0 Å². The van der Waals surface area contributed by atoms with Crippen molar-refractivity contribution in [2.75, 3.05) is 0 Å². The van der Waals surface area contributed by atoms with E-state index in [-0.39, 0.29) is 0 Å². The minimum absolute atomic E-state index is 1.07. The van der Waals surface area contributed by atoms with Crippen LogP contribution in [0.25, 0.3) is 5.57 Å². The molecule has 0 aromatic heterocycles. The molecule has 0 fully saturated rings. The van der Waals surface area contributed by atoms with Crippen molar-refractivity contribution < 1.29 is 0 Å². The Bertz CT molecular complexity index is 269. The maximum absolute atomic E-state index is 4.06. The first-order chi connectivity index (χ1) is 6.34. The first-order valence-corrected chi connectivity index (χ1v) is 4.68. The molecule has 0 heteroatoms. The number of hydrogen-bond donors (Lipinski definition) is 0. The van der Waals surface area contributed by atoms with E-state index in [0.717, 1.165) is 19.3 Å². The number of hydrogen-bond acceptors (Lipinski definition) is 0. The number of benzene rings is 1. The molecule has 0 amide bonds. The molecule has 13 heavy (non-hydrogen) atoms. The van der Waals surface area contributed by atoms with Gasteiger partial charge in [0.15, 0.2) is 0 Å². The van der Waals surface area contributed by atoms with Gasteiger partial charge in [-0.05, 0) is 30.4 Å². The molecule has 0 aliphatic carbocycles. The smallest absolute Gasteiger partial charge is 0.0230 e. The number of allylic oxidation sites excluding steroid dienone is 2. The second kappa shape index (κ2) is 5.36. The van der Waals surface area contributed by atoms with Gasteiger partial charge in [-0.2, -0.15) is 0 Å². The molecule has 0 N–H and O–H groups in total. The Kier molecular flexibility index (Phi) is 4.04. The Balaban J connectivity index is 2.45. The Hall–Kier alpha value is -1.30. The number of unbranched alkanes of at least 4 members (excludes halogenated alkanes) is 1. The molecule has 0 aliphatic rings. The van der Waals surface area contributed by atoms with Gasteiger partial charge in [0.2, 0.25) is 0 Å². The molecule has 1 aromatic rings. The van der Waals surface area contributed by atoms with Crippen LogP contribution in [-0.4, -0.2) is 0 Å². The van der Waals surface area contributed by atoms with Crippen molar-refractivity contribution in [3.8, 4) is 0 Å². The van der Waals surface area contributed by atoms with E-state index in [1.807, 2.05) is 24.3 Å². The van der Waals surface area contributed by atoms with E-state index in [2.05, 4.69) is 25.3 Å². The van der Waals surface area contributed by atoms with Gasteiger partial charge < -0.3 is 0 Å². The molecule has 0 saturated carbocycles. The van der Waals surface area contributed by atoms with Crippen LogP contribution in [0.5, 0.6) is 0 Å². The molecule has 0 heterocycles. The fourth-order valence-corrected chi connectivity index (χ4v) is 1.28. The van der Waals surface area contributed by atoms with Gasteiger partial charge in [0.1, 0.15) is 0 Å². The summed E-state index contributed by atoms with van der Waals surface area (Å²) in [6.45, 7) is 7.76. The van der Waals surface area contributed by atoms with Crippen LogP contribution in [0.3, 0.4) is 0 Å². The maximum Gasteiger partial charge on any atom is -0.0230 e. The summed E-state index contributed by atoms with van der Waals surface area (Å²) in [6, 6.07) is 10.3. The predicted octanol–water partition coefficient (Wildman–Crippen LogP) is 4.06. The van der Waals surface area contributed by atoms with Crippen LogP contribution in [0.1, 0.15) is 24.8 Å². The van der Waals surface area contributed by atoms with Crippen LogP contribution in [0.2, 0.25) is 0 Å². The largest absolute Gasteiger partial charge is 0.103 e. The molecule has 0 nitrogen and oxygen atoms in total. The molecule has 68 valence electrons. The van der Waals surface area contributed by atoms with Crippen molar-refractivity contribution in [3.63, 3.8) is 0 Å². The van der Waals surface area contributed by atoms with Crippen molar-refractivity contribution in [1.82, 2.24) is 0 Å². The zero-order chi connectivity index (χ0) is 9.52. The van der Waals surface area contributed by atoms with Gasteiger partial charge in [0.05, 0.1) is 0 Å². The normalized spacial score (nSPS) is 9.54. The highest BCUT2D eigenvalue weighted by Crippen LogP contribution is 2.17. The van der Waals surface area contributed by atoms with Crippen LogP contribution < -0.4 is 0 Å². The van der Waals surface area contributed by atoms with Crippen LogP contribution in [0.15, 0.2) is 49.6 Å². The first-order valence-electron chi connectivity index (χ1n) is 4.68. The highest BCUT2D eigenvalue weighted by Gasteiger charge is 1.96. The molecule has 0 bridgehead atoms. The van der Waals surface area contributed by atoms with E-state index < -0.39 is 0 Å². The Labute approximate surface area is 80.6 Å². The fraction of sp³-hybridized carbons (Fsp3) is 0.231. The molecule has 0 radical (unpaired) electrons. The molecular weight excluding hydrogens is 156 g/mol. The molecule has 0 saturated heterocycles. The van der Waals surface area contributed by atoms with Gasteiger partial charge in [0, 0.05) is 0 Å². The standard InChI is InChI=1S/C13H16/c1-3-4-6-9-12(2)13-10-7-5-8-11-13/h3,5,7-8,10-11H,1-2,4,6,9H2. The van der Waals surface area contributed by atoms with E-state index >= 15 is 0 Å². The Morgan fingerprint density at radius 3 is 2.54 bits per heavy atom. The second-order valence-corrected chi connectivity index (χ2v) is 3.15. The average molecular weight is 172 g/mol. The molecule has 0 aliphatic heterocycles. The highest BCUT2D eigenvalue weighted by atomic mass is 14.0. The minimum Gasteiger partial charge on any atom is -0.103 e. The molecule has 0 spiro atoms. The van der Waals surface area contributed by atoms with Crippen molar-refractivity contribution in [3.05, 3.63) is 55.1 Å². The third-order valence-corrected chi connectivity index (χ3v) is 2.07. The van der Waals surface area contributed by atoms with Crippen molar-refractivity contribution in [2.24, 2.45) is 0 Å². The quantitative estimate of drug-likeness (QED) is 0.464. The molecule has 1 aromatic carbocycles. The second-order valence-electron chi connectivity index (χ2n) is 3.15. The van der Waals surface area contributed by atoms with Crippen LogP contribution >= 0.6 is 0 Å². The van der Waals surface area contributed by atoms with Gasteiger partial charge in [-0.1, -0.05) is 43.0 Å². The van der Waals surface area contributed by atoms with E-state index in [1.165, 1.54) is 11.1 Å². The third kappa shape index (κ3) is 3.29. The SMILES string of the molecule is C=CCCCC(=C)c1ccccc1. The zero-order valence-electron chi connectivity index (χ0n) is 8.00. The van der Waals surface area contributed by atoms with Gasteiger partial charge in [-0.3, -0.25) is 0 Å². The van der Waals surface area contributed by atoms with Crippen LogP contribution in [0.4, 0.5) is 0 Å². The molecule has 0 unspecified atom stereocenters. The maximum atomic E-state index is 4.06. The summed E-state index contributed by atoms with van der Waals surface area (Å²) in [6.07, 6.45) is 5.25. The van der Waals surface area contributed by atoms with Crippen LogP contribution in [0, 0.1) is 0 Å². The summed E-state index contributed by atoms with van der Waals surface area (Å²) in [4.78, 5) is 0. The number of rotatable bonds is 5. The topological polar surface area (TPSA) is 0 Å². The summed E-state index contributed by atoms with van der Waals surface area (Å²) in [5.74, 6) is 0. The Morgan fingerprint density at radius 2 is 1.92 bits per heavy atom. The van der Waals surface area contributed by atoms with Gasteiger partial charge in [-0.15, -0.1) is 6.58 Å². The third-order valence-electron chi connectivity index (χ3n) is 2.07. The van der Waals surface area contributed by atoms with Crippen molar-refractivity contribution >= 4 is 5.57 Å². The molecule has 1 rings (SSSR count). The van der Waals surface area contributed by atoms with E-state index in [0.29, 0.717) is 0 Å². The summed E-state index contributed by atoms with van der Waals surface area (Å²) >= 11 is 0. The summed E-state index contributed by atoms with van der Waals surface area (Å²) in [7, 11) is 0. The van der Waals surface area contributed by atoms with Crippen molar-refractivity contribution in [2.45, 2.75) is 19.3 Å². The van der Waals surface area contributed by atoms with E-state index in [4.69, 9.17) is 0 Å². The fourth-order valence-electron chi connectivity index (χ4n) is 1.28. The lowest BCUT2D eigenvalue weighted by Gasteiger charge is -2.03. The molecular formula is C13H16. The van der Waals surface area contributed by atoms with E-state index in [1.54, 1.807) is 0 Å². The van der Waals surface area contributed by atoms with Gasteiger partial charge in [-0.25, -0.2) is 0 Å². The summed E-state index contributed by atoms with van der Waals surface area (Å²) in [5, 5.41) is 0. The molecule has 0 atom stereocenters. The lowest BCUT2D eigenvalue weighted by Crippen LogP contribution is -1.82. The minimum atomic E-state index is 1.07. The average Bonchev–Trinajstić information content (AvgIpc) is 2.19. The van der Waals surface area contributed by atoms with Gasteiger partial charge >= 0.3 is 0 Å². The summed E-state index contributed by atoms with van der Waals surface area (Å²) < 4.78 is 0. The van der Waals surface area contributed by atoms with Gasteiger partial charge in [0.25, 0.3) is 0 Å². The monoisotopic (exact) mass is 172 g/mol. The lowest BCUT2D eigenvalue weighted by atomic mass is 10.0. The predicted molar refractivity (Wildman–Crippen MR) is 59.5 cm³/mol. The lowest BCUT2D eigenvalue weighted by molar-refractivity contribution is 0.882. The van der Waals surface area contributed by atoms with Crippen molar-refractivity contribution in [1.29, 1.82) is 0 Å².